The summed E-state index contributed by atoms with van der Waals surface area (Å²) in [5.74, 6) is 0.322. The third-order valence-electron chi connectivity index (χ3n) is 3.23. The Balaban J connectivity index is 2.11. The molecule has 1 aromatic heterocycles. The smallest absolute Gasteiger partial charge is 0.274 e. The Bertz CT molecular complexity index is 674. The van der Waals surface area contributed by atoms with Gasteiger partial charge in [0.25, 0.3) is 5.91 Å². The Labute approximate surface area is 135 Å². The van der Waals surface area contributed by atoms with Crippen molar-refractivity contribution < 1.29 is 14.3 Å². The molecular weight excluding hydrogens is 294 g/mol. The fourth-order valence-corrected chi connectivity index (χ4v) is 2.07. The number of nitrogens with zero attached hydrogens (tertiary/aromatic N) is 1. The number of benzene rings is 1. The first-order chi connectivity index (χ1) is 11.1. The van der Waals surface area contributed by atoms with Crippen molar-refractivity contribution in [3.8, 4) is 5.75 Å². The van der Waals surface area contributed by atoms with E-state index in [2.05, 4.69) is 15.6 Å². The number of amides is 1. The van der Waals surface area contributed by atoms with Crippen molar-refractivity contribution in [1.82, 2.24) is 4.98 Å². The molecule has 1 aromatic carbocycles. The van der Waals surface area contributed by atoms with Crippen molar-refractivity contribution in [3.63, 3.8) is 0 Å². The van der Waals surface area contributed by atoms with Crippen molar-refractivity contribution in [2.45, 2.75) is 6.92 Å². The molecule has 0 aliphatic carbocycles. The highest BCUT2D eigenvalue weighted by molar-refractivity contribution is 6.04. The molecule has 6 heteroatoms. The van der Waals surface area contributed by atoms with Gasteiger partial charge < -0.3 is 20.1 Å². The standard InChI is InChI=1S/C17H21N3O3/c1-12-4-5-16(23-3)14(10-12)20-17(21)15-11-13(6-7-19-15)18-8-9-22-2/h4-7,10-11H,8-9H2,1-3H3,(H,18,19)(H,20,21). The predicted octanol–water partition coefficient (Wildman–Crippen LogP) is 2.71. The third-order valence-corrected chi connectivity index (χ3v) is 3.23. The van der Waals surface area contributed by atoms with Crippen molar-refractivity contribution in [2.24, 2.45) is 0 Å². The molecule has 0 saturated carbocycles. The van der Waals surface area contributed by atoms with Crippen LogP contribution in [0.3, 0.4) is 0 Å². The van der Waals surface area contributed by atoms with E-state index in [1.165, 1.54) is 0 Å². The average molecular weight is 315 g/mol. The highest BCUT2D eigenvalue weighted by Crippen LogP contribution is 2.25. The van der Waals surface area contributed by atoms with Crippen LogP contribution in [0, 0.1) is 6.92 Å². The molecule has 1 amide bonds. The molecule has 6 nitrogen and oxygen atoms in total. The molecule has 0 saturated heterocycles. The number of nitrogens with one attached hydrogen (secondary N) is 2. The van der Waals surface area contributed by atoms with E-state index in [4.69, 9.17) is 9.47 Å². The number of hydrogen-bond donors (Lipinski definition) is 2. The first kappa shape index (κ1) is 16.8. The van der Waals surface area contributed by atoms with Crippen LogP contribution in [0.5, 0.6) is 5.75 Å². The lowest BCUT2D eigenvalue weighted by Crippen LogP contribution is -2.15. The topological polar surface area (TPSA) is 72.5 Å². The van der Waals surface area contributed by atoms with E-state index in [9.17, 15) is 4.79 Å². The van der Waals surface area contributed by atoms with Crippen LogP contribution in [0.1, 0.15) is 16.1 Å². The van der Waals surface area contributed by atoms with Crippen LogP contribution in [0.15, 0.2) is 36.5 Å². The van der Waals surface area contributed by atoms with E-state index in [0.29, 0.717) is 30.3 Å². The molecule has 1 heterocycles. The highest BCUT2D eigenvalue weighted by atomic mass is 16.5. The molecule has 0 aliphatic heterocycles. The van der Waals surface area contributed by atoms with Gasteiger partial charge in [0, 0.05) is 25.5 Å². The van der Waals surface area contributed by atoms with Crippen LogP contribution in [-0.4, -0.2) is 38.3 Å². The largest absolute Gasteiger partial charge is 0.495 e. The molecule has 2 aromatic rings. The van der Waals surface area contributed by atoms with E-state index >= 15 is 0 Å². The maximum atomic E-state index is 12.4. The third kappa shape index (κ3) is 4.69. The van der Waals surface area contributed by atoms with Crippen LogP contribution in [0.4, 0.5) is 11.4 Å². The summed E-state index contributed by atoms with van der Waals surface area (Å²) >= 11 is 0. The van der Waals surface area contributed by atoms with Gasteiger partial charge in [-0.15, -0.1) is 0 Å². The number of aryl methyl sites for hydroxylation is 1. The predicted molar refractivity (Wildman–Crippen MR) is 90.3 cm³/mol. The molecule has 2 rings (SSSR count). The fourth-order valence-electron chi connectivity index (χ4n) is 2.07. The summed E-state index contributed by atoms with van der Waals surface area (Å²) in [7, 11) is 3.21. The monoisotopic (exact) mass is 315 g/mol. The minimum Gasteiger partial charge on any atom is -0.495 e. The van der Waals surface area contributed by atoms with E-state index in [0.717, 1.165) is 11.3 Å². The molecule has 0 spiro atoms. The molecule has 0 aliphatic rings. The Morgan fingerprint density at radius 1 is 1.22 bits per heavy atom. The molecular formula is C17H21N3O3. The molecule has 0 atom stereocenters. The summed E-state index contributed by atoms with van der Waals surface area (Å²) in [6.45, 7) is 3.20. The molecule has 0 bridgehead atoms. The number of carbonyl (C=O) groups excluding carboxylic acids is 1. The number of carbonyl (C=O) groups is 1. The lowest BCUT2D eigenvalue weighted by Gasteiger charge is -2.11. The number of anilines is 2. The SMILES string of the molecule is COCCNc1ccnc(C(=O)Nc2cc(C)ccc2OC)c1. The lowest BCUT2D eigenvalue weighted by molar-refractivity contribution is 0.102. The van der Waals surface area contributed by atoms with Crippen molar-refractivity contribution in [2.75, 3.05) is 38.0 Å². The number of hydrogen-bond acceptors (Lipinski definition) is 5. The van der Waals surface area contributed by atoms with Gasteiger partial charge in [-0.3, -0.25) is 9.78 Å². The molecule has 23 heavy (non-hydrogen) atoms. The van der Waals surface area contributed by atoms with Gasteiger partial charge in [-0.25, -0.2) is 0 Å². The molecule has 2 N–H and O–H groups in total. The van der Waals surface area contributed by atoms with Gasteiger partial charge in [0.1, 0.15) is 11.4 Å². The van der Waals surface area contributed by atoms with E-state index < -0.39 is 0 Å². The normalized spacial score (nSPS) is 10.2. The van der Waals surface area contributed by atoms with Crippen LogP contribution in [0.25, 0.3) is 0 Å². The van der Waals surface area contributed by atoms with Gasteiger partial charge in [0.15, 0.2) is 0 Å². The first-order valence-electron chi connectivity index (χ1n) is 7.29. The Hall–Kier alpha value is -2.60. The summed E-state index contributed by atoms with van der Waals surface area (Å²) in [5.41, 5.74) is 2.80. The van der Waals surface area contributed by atoms with Gasteiger partial charge in [-0.1, -0.05) is 6.07 Å². The van der Waals surface area contributed by atoms with E-state index in [1.807, 2.05) is 25.1 Å². The van der Waals surface area contributed by atoms with Gasteiger partial charge in [-0.2, -0.15) is 0 Å². The zero-order chi connectivity index (χ0) is 16.7. The zero-order valence-electron chi connectivity index (χ0n) is 13.6. The second-order valence-corrected chi connectivity index (χ2v) is 5.01. The van der Waals surface area contributed by atoms with Gasteiger partial charge in [0.05, 0.1) is 19.4 Å². The van der Waals surface area contributed by atoms with E-state index in [1.54, 1.807) is 32.5 Å². The summed E-state index contributed by atoms with van der Waals surface area (Å²) in [6, 6.07) is 9.11. The quantitative estimate of drug-likeness (QED) is 0.769. The van der Waals surface area contributed by atoms with Crippen molar-refractivity contribution >= 4 is 17.3 Å². The maximum absolute atomic E-state index is 12.4. The summed E-state index contributed by atoms with van der Waals surface area (Å²) in [5, 5.41) is 6.00. The van der Waals surface area contributed by atoms with Crippen LogP contribution >= 0.6 is 0 Å². The number of pyridine rings is 1. The number of ether oxygens (including phenoxy) is 2. The Kier molecular flexibility index (Phi) is 5.94. The number of aromatic nitrogens is 1. The van der Waals surface area contributed by atoms with Crippen LogP contribution in [-0.2, 0) is 4.74 Å². The lowest BCUT2D eigenvalue weighted by atomic mass is 10.2. The second-order valence-electron chi connectivity index (χ2n) is 5.01. The van der Waals surface area contributed by atoms with Gasteiger partial charge in [-0.05, 0) is 36.8 Å². The Morgan fingerprint density at radius 3 is 2.78 bits per heavy atom. The number of rotatable bonds is 7. The number of methoxy groups -OCH3 is 2. The molecule has 0 radical (unpaired) electrons. The minimum atomic E-state index is -0.288. The molecule has 0 unspecified atom stereocenters. The van der Waals surface area contributed by atoms with Crippen LogP contribution in [0.2, 0.25) is 0 Å². The Morgan fingerprint density at radius 2 is 2.04 bits per heavy atom. The maximum Gasteiger partial charge on any atom is 0.274 e. The summed E-state index contributed by atoms with van der Waals surface area (Å²) in [6.07, 6.45) is 1.59. The molecule has 122 valence electrons. The van der Waals surface area contributed by atoms with Crippen LogP contribution < -0.4 is 15.4 Å². The van der Waals surface area contributed by atoms with Gasteiger partial charge in [0.2, 0.25) is 0 Å². The first-order valence-corrected chi connectivity index (χ1v) is 7.29. The summed E-state index contributed by atoms with van der Waals surface area (Å²) < 4.78 is 10.3. The minimum absolute atomic E-state index is 0.288. The summed E-state index contributed by atoms with van der Waals surface area (Å²) in [4.78, 5) is 16.5. The van der Waals surface area contributed by atoms with Crippen molar-refractivity contribution in [1.29, 1.82) is 0 Å². The van der Waals surface area contributed by atoms with E-state index in [-0.39, 0.29) is 5.91 Å². The van der Waals surface area contributed by atoms with Crippen molar-refractivity contribution in [3.05, 3.63) is 47.8 Å². The average Bonchev–Trinajstić information content (AvgIpc) is 2.55. The molecule has 0 fully saturated rings. The highest BCUT2D eigenvalue weighted by Gasteiger charge is 2.11. The zero-order valence-corrected chi connectivity index (χ0v) is 13.6. The fraction of sp³-hybridized carbons (Fsp3) is 0.294. The van der Waals surface area contributed by atoms with Gasteiger partial charge >= 0.3 is 0 Å². The second kappa shape index (κ2) is 8.14.